The van der Waals surface area contributed by atoms with E-state index in [4.69, 9.17) is 16.3 Å². The Hall–Kier alpha value is -3.38. The van der Waals surface area contributed by atoms with Crippen LogP contribution in [0, 0.1) is 13.8 Å². The molecular formula is C24H23ClN4O2. The van der Waals surface area contributed by atoms with Crippen molar-refractivity contribution in [1.29, 1.82) is 0 Å². The highest BCUT2D eigenvalue weighted by molar-refractivity contribution is 6.30. The van der Waals surface area contributed by atoms with Crippen LogP contribution in [0.15, 0.2) is 60.7 Å². The molecule has 7 heteroatoms. The molecule has 4 rings (SSSR count). The SMILES string of the molecule is Cc1cc(O[C@H](C)C(=O)NCc2ccc(Cl)cc2)nc2c1c(C)nn2-c1ccccc1. The van der Waals surface area contributed by atoms with Gasteiger partial charge in [-0.05, 0) is 56.2 Å². The molecule has 1 N–H and O–H groups in total. The molecule has 0 aliphatic rings. The van der Waals surface area contributed by atoms with Crippen LogP contribution >= 0.6 is 11.6 Å². The molecule has 158 valence electrons. The van der Waals surface area contributed by atoms with Gasteiger partial charge >= 0.3 is 0 Å². The number of nitrogens with zero attached hydrogens (tertiary/aromatic N) is 3. The molecule has 0 aliphatic heterocycles. The number of carbonyl (C=O) groups is 1. The van der Waals surface area contributed by atoms with Gasteiger partial charge in [-0.25, -0.2) is 4.68 Å². The van der Waals surface area contributed by atoms with Crippen LogP contribution in [0.3, 0.4) is 0 Å². The normalized spacial score (nSPS) is 12.0. The van der Waals surface area contributed by atoms with E-state index in [1.807, 2.05) is 62.4 Å². The molecule has 0 unspecified atom stereocenters. The topological polar surface area (TPSA) is 69.0 Å². The standard InChI is InChI=1S/C24H23ClN4O2/c1-15-13-21(31-17(3)24(30)26-14-18-9-11-19(25)12-10-18)27-23-22(15)16(2)28-29(23)20-7-5-4-6-8-20/h4-13,17H,14H2,1-3H3,(H,26,30)/t17-/m1/s1. The zero-order valence-corrected chi connectivity index (χ0v) is 18.3. The number of halogens is 1. The number of ether oxygens (including phenoxy) is 1. The zero-order valence-electron chi connectivity index (χ0n) is 17.6. The number of fused-ring (bicyclic) bond motifs is 1. The van der Waals surface area contributed by atoms with Crippen LogP contribution in [0.5, 0.6) is 5.88 Å². The lowest BCUT2D eigenvalue weighted by atomic mass is 10.1. The number of hydrogen-bond donors (Lipinski definition) is 1. The molecule has 0 fully saturated rings. The van der Waals surface area contributed by atoms with Gasteiger partial charge in [-0.1, -0.05) is 41.9 Å². The number of aryl methyl sites for hydroxylation is 2. The van der Waals surface area contributed by atoms with Gasteiger partial charge in [0.1, 0.15) is 0 Å². The second-order valence-corrected chi connectivity index (χ2v) is 7.85. The first-order chi connectivity index (χ1) is 14.9. The first-order valence-electron chi connectivity index (χ1n) is 10.0. The minimum Gasteiger partial charge on any atom is -0.464 e. The number of aromatic nitrogens is 3. The van der Waals surface area contributed by atoms with E-state index < -0.39 is 6.10 Å². The molecule has 4 aromatic rings. The Morgan fingerprint density at radius 1 is 1.13 bits per heavy atom. The number of hydrogen-bond acceptors (Lipinski definition) is 4. The molecule has 1 atom stereocenters. The summed E-state index contributed by atoms with van der Waals surface area (Å²) in [5.41, 5.74) is 4.46. The predicted octanol–water partition coefficient (Wildman–Crippen LogP) is 4.77. The number of rotatable bonds is 6. The van der Waals surface area contributed by atoms with Crippen molar-refractivity contribution in [3.05, 3.63) is 82.5 Å². The van der Waals surface area contributed by atoms with Gasteiger partial charge in [0, 0.05) is 23.0 Å². The molecule has 0 radical (unpaired) electrons. The zero-order chi connectivity index (χ0) is 22.0. The van der Waals surface area contributed by atoms with Gasteiger partial charge in [-0.15, -0.1) is 0 Å². The van der Waals surface area contributed by atoms with E-state index in [9.17, 15) is 4.79 Å². The Bertz CT molecular complexity index is 1220. The molecule has 0 saturated heterocycles. The maximum Gasteiger partial charge on any atom is 0.261 e. The van der Waals surface area contributed by atoms with E-state index in [2.05, 4.69) is 15.4 Å². The summed E-state index contributed by atoms with van der Waals surface area (Å²) in [6.07, 6.45) is -0.703. The molecule has 2 aromatic carbocycles. The number of amides is 1. The van der Waals surface area contributed by atoms with E-state index in [0.29, 0.717) is 23.1 Å². The lowest BCUT2D eigenvalue weighted by molar-refractivity contribution is -0.127. The lowest BCUT2D eigenvalue weighted by Gasteiger charge is -2.15. The third-order valence-electron chi connectivity index (χ3n) is 5.03. The Morgan fingerprint density at radius 2 is 1.84 bits per heavy atom. The minimum atomic E-state index is -0.703. The van der Waals surface area contributed by atoms with E-state index in [0.717, 1.165) is 27.9 Å². The average Bonchev–Trinajstić information content (AvgIpc) is 3.10. The van der Waals surface area contributed by atoms with Gasteiger partial charge in [0.05, 0.1) is 11.4 Å². The maximum atomic E-state index is 12.5. The third-order valence-corrected chi connectivity index (χ3v) is 5.29. The van der Waals surface area contributed by atoms with Gasteiger partial charge in [-0.3, -0.25) is 4.79 Å². The summed E-state index contributed by atoms with van der Waals surface area (Å²) >= 11 is 5.90. The van der Waals surface area contributed by atoms with Crippen molar-refractivity contribution in [2.75, 3.05) is 0 Å². The van der Waals surface area contributed by atoms with E-state index in [1.54, 1.807) is 23.7 Å². The van der Waals surface area contributed by atoms with E-state index in [-0.39, 0.29) is 5.91 Å². The number of carbonyl (C=O) groups excluding carboxylic acids is 1. The fourth-order valence-corrected chi connectivity index (χ4v) is 3.58. The summed E-state index contributed by atoms with van der Waals surface area (Å²) < 4.78 is 7.69. The number of para-hydroxylation sites is 1. The van der Waals surface area contributed by atoms with Crippen LogP contribution < -0.4 is 10.1 Å². The smallest absolute Gasteiger partial charge is 0.261 e. The maximum absolute atomic E-state index is 12.5. The quantitative estimate of drug-likeness (QED) is 0.474. The summed E-state index contributed by atoms with van der Waals surface area (Å²) in [6, 6.07) is 19.0. The van der Waals surface area contributed by atoms with Crippen LogP contribution in [0.2, 0.25) is 5.02 Å². The van der Waals surface area contributed by atoms with Crippen molar-refractivity contribution in [2.24, 2.45) is 0 Å². The summed E-state index contributed by atoms with van der Waals surface area (Å²) in [4.78, 5) is 17.2. The molecule has 0 bridgehead atoms. The van der Waals surface area contributed by atoms with Gasteiger partial charge in [0.2, 0.25) is 5.88 Å². The second kappa shape index (κ2) is 8.78. The molecule has 31 heavy (non-hydrogen) atoms. The van der Waals surface area contributed by atoms with E-state index in [1.165, 1.54) is 0 Å². The van der Waals surface area contributed by atoms with Crippen LogP contribution in [0.4, 0.5) is 0 Å². The first kappa shape index (κ1) is 20.9. The Labute approximate surface area is 185 Å². The summed E-state index contributed by atoms with van der Waals surface area (Å²) in [5.74, 6) is 0.165. The highest BCUT2D eigenvalue weighted by atomic mass is 35.5. The number of pyridine rings is 1. The highest BCUT2D eigenvalue weighted by Crippen LogP contribution is 2.27. The Balaban J connectivity index is 1.54. The predicted molar refractivity (Wildman–Crippen MR) is 122 cm³/mol. The van der Waals surface area contributed by atoms with Crippen LogP contribution in [-0.2, 0) is 11.3 Å². The summed E-state index contributed by atoms with van der Waals surface area (Å²) in [6.45, 7) is 6.06. The lowest BCUT2D eigenvalue weighted by Crippen LogP contribution is -2.36. The molecule has 2 heterocycles. The van der Waals surface area contributed by atoms with Crippen LogP contribution in [-0.4, -0.2) is 26.8 Å². The highest BCUT2D eigenvalue weighted by Gasteiger charge is 2.19. The second-order valence-electron chi connectivity index (χ2n) is 7.41. The molecule has 0 saturated carbocycles. The molecule has 6 nitrogen and oxygen atoms in total. The monoisotopic (exact) mass is 434 g/mol. The molecule has 0 aliphatic carbocycles. The average molecular weight is 435 g/mol. The molecule has 2 aromatic heterocycles. The van der Waals surface area contributed by atoms with Gasteiger partial charge in [0.15, 0.2) is 11.8 Å². The fraction of sp³-hybridized carbons (Fsp3) is 0.208. The van der Waals surface area contributed by atoms with E-state index >= 15 is 0 Å². The Kier molecular flexibility index (Phi) is 5.91. The Morgan fingerprint density at radius 3 is 2.55 bits per heavy atom. The van der Waals surface area contributed by atoms with Crippen molar-refractivity contribution in [3.63, 3.8) is 0 Å². The van der Waals surface area contributed by atoms with Crippen molar-refractivity contribution < 1.29 is 9.53 Å². The third kappa shape index (κ3) is 4.54. The number of benzene rings is 2. The van der Waals surface area contributed by atoms with Crippen molar-refractivity contribution >= 4 is 28.5 Å². The molecular weight excluding hydrogens is 412 g/mol. The summed E-state index contributed by atoms with van der Waals surface area (Å²) in [7, 11) is 0. The molecule has 0 spiro atoms. The van der Waals surface area contributed by atoms with Gasteiger partial charge in [-0.2, -0.15) is 10.1 Å². The number of nitrogens with one attached hydrogen (secondary N) is 1. The largest absolute Gasteiger partial charge is 0.464 e. The van der Waals surface area contributed by atoms with Crippen LogP contribution in [0.1, 0.15) is 23.7 Å². The van der Waals surface area contributed by atoms with Crippen molar-refractivity contribution in [2.45, 2.75) is 33.4 Å². The molecule has 1 amide bonds. The van der Waals surface area contributed by atoms with Gasteiger partial charge < -0.3 is 10.1 Å². The van der Waals surface area contributed by atoms with Gasteiger partial charge in [0.25, 0.3) is 5.91 Å². The first-order valence-corrected chi connectivity index (χ1v) is 10.4. The minimum absolute atomic E-state index is 0.220. The fourth-order valence-electron chi connectivity index (χ4n) is 3.45. The van der Waals surface area contributed by atoms with Crippen molar-refractivity contribution in [3.8, 4) is 11.6 Å². The van der Waals surface area contributed by atoms with Crippen LogP contribution in [0.25, 0.3) is 16.7 Å². The summed E-state index contributed by atoms with van der Waals surface area (Å²) in [5, 5.41) is 9.18. The van der Waals surface area contributed by atoms with Crippen molar-refractivity contribution in [1.82, 2.24) is 20.1 Å².